The van der Waals surface area contributed by atoms with Crippen LogP contribution in [0.15, 0.2) is 36.1 Å². The molecule has 1 aliphatic heterocycles. The molecule has 0 fully saturated rings. The Morgan fingerprint density at radius 1 is 1.31 bits per heavy atom. The van der Waals surface area contributed by atoms with E-state index in [-0.39, 0.29) is 6.10 Å². The van der Waals surface area contributed by atoms with Crippen molar-refractivity contribution in [2.75, 3.05) is 0 Å². The van der Waals surface area contributed by atoms with Crippen molar-refractivity contribution in [3.8, 4) is 6.07 Å². The molecule has 0 radical (unpaired) electrons. The van der Waals surface area contributed by atoms with E-state index in [1.54, 1.807) is 0 Å². The second-order valence-corrected chi connectivity index (χ2v) is 4.37. The molecule has 0 aromatic heterocycles. The van der Waals surface area contributed by atoms with E-state index in [0.717, 1.165) is 12.0 Å². The molecule has 0 amide bonds. The molecule has 2 heteroatoms. The van der Waals surface area contributed by atoms with Crippen molar-refractivity contribution in [2.45, 2.75) is 26.4 Å². The number of nitriles is 1. The van der Waals surface area contributed by atoms with Crippen molar-refractivity contribution in [2.24, 2.45) is 5.92 Å². The summed E-state index contributed by atoms with van der Waals surface area (Å²) in [4.78, 5) is 0. The minimum absolute atomic E-state index is 0.0234. The summed E-state index contributed by atoms with van der Waals surface area (Å²) in [7, 11) is 0. The summed E-state index contributed by atoms with van der Waals surface area (Å²) in [5, 5.41) is 8.87. The van der Waals surface area contributed by atoms with E-state index in [0.29, 0.717) is 11.7 Å². The van der Waals surface area contributed by atoms with Gasteiger partial charge < -0.3 is 4.74 Å². The van der Waals surface area contributed by atoms with Crippen LogP contribution in [-0.4, -0.2) is 0 Å². The van der Waals surface area contributed by atoms with E-state index >= 15 is 0 Å². The third-order valence-electron chi connectivity index (χ3n) is 2.85. The quantitative estimate of drug-likeness (QED) is 0.715. The van der Waals surface area contributed by atoms with Crippen molar-refractivity contribution < 1.29 is 4.74 Å². The first-order valence-electron chi connectivity index (χ1n) is 5.54. The molecule has 0 saturated heterocycles. The van der Waals surface area contributed by atoms with Crippen LogP contribution in [-0.2, 0) is 4.74 Å². The molecule has 2 nitrogen and oxygen atoms in total. The summed E-state index contributed by atoms with van der Waals surface area (Å²) < 4.78 is 5.63. The predicted molar refractivity (Wildman–Crippen MR) is 62.5 cm³/mol. The van der Waals surface area contributed by atoms with Gasteiger partial charge in [-0.3, -0.25) is 0 Å². The van der Waals surface area contributed by atoms with Gasteiger partial charge in [0.05, 0.1) is 0 Å². The Labute approximate surface area is 96.2 Å². The summed E-state index contributed by atoms with van der Waals surface area (Å²) in [6, 6.07) is 10.4. The smallest absolute Gasteiger partial charge is 0.193 e. The summed E-state index contributed by atoms with van der Waals surface area (Å²) in [5.41, 5.74) is 2.39. The highest BCUT2D eigenvalue weighted by Crippen LogP contribution is 2.32. The Bertz CT molecular complexity index is 439. The fraction of sp³-hybridized carbons (Fsp3) is 0.357. The van der Waals surface area contributed by atoms with Gasteiger partial charge in [-0.15, -0.1) is 0 Å². The standard InChI is InChI=1S/C14H15NO/c1-10-3-5-12(6-4-10)14-8-11(2)7-13(9-15)16-14/h3-7,11,14H,8H2,1-2H3/t11-,14+/m1/s1. The second kappa shape index (κ2) is 4.40. The highest BCUT2D eigenvalue weighted by atomic mass is 16.5. The Balaban J connectivity index is 2.21. The largest absolute Gasteiger partial charge is 0.476 e. The predicted octanol–water partition coefficient (Wildman–Crippen LogP) is 3.50. The number of aryl methyl sites for hydroxylation is 1. The Morgan fingerprint density at radius 3 is 2.62 bits per heavy atom. The highest BCUT2D eigenvalue weighted by molar-refractivity contribution is 5.26. The van der Waals surface area contributed by atoms with Crippen molar-refractivity contribution in [3.05, 3.63) is 47.2 Å². The molecule has 0 bridgehead atoms. The van der Waals surface area contributed by atoms with Gasteiger partial charge in [0.15, 0.2) is 5.76 Å². The molecule has 0 spiro atoms. The molecule has 1 heterocycles. The van der Waals surface area contributed by atoms with Gasteiger partial charge in [0, 0.05) is 0 Å². The van der Waals surface area contributed by atoms with E-state index < -0.39 is 0 Å². The van der Waals surface area contributed by atoms with Crippen molar-refractivity contribution in [1.29, 1.82) is 5.26 Å². The lowest BCUT2D eigenvalue weighted by Crippen LogP contribution is -2.13. The molecule has 82 valence electrons. The zero-order valence-corrected chi connectivity index (χ0v) is 9.60. The van der Waals surface area contributed by atoms with Crippen molar-refractivity contribution in [1.82, 2.24) is 0 Å². The molecule has 0 aliphatic carbocycles. The lowest BCUT2D eigenvalue weighted by molar-refractivity contribution is 0.0923. The summed E-state index contributed by atoms with van der Waals surface area (Å²) in [6.07, 6.45) is 2.86. The third-order valence-corrected chi connectivity index (χ3v) is 2.85. The van der Waals surface area contributed by atoms with E-state index in [2.05, 4.69) is 44.2 Å². The molecule has 1 aromatic carbocycles. The number of allylic oxidation sites excluding steroid dienone is 2. The fourth-order valence-electron chi connectivity index (χ4n) is 1.95. The Morgan fingerprint density at radius 2 is 2.00 bits per heavy atom. The first-order chi connectivity index (χ1) is 7.69. The molecule has 0 N–H and O–H groups in total. The Kier molecular flexibility index (Phi) is 2.96. The van der Waals surface area contributed by atoms with Gasteiger partial charge in [0.2, 0.25) is 0 Å². The maximum atomic E-state index is 8.87. The van der Waals surface area contributed by atoms with Crippen LogP contribution in [0.25, 0.3) is 0 Å². The van der Waals surface area contributed by atoms with Crippen LogP contribution < -0.4 is 0 Å². The topological polar surface area (TPSA) is 33.0 Å². The third kappa shape index (κ3) is 2.25. The van der Waals surface area contributed by atoms with Crippen molar-refractivity contribution in [3.63, 3.8) is 0 Å². The molecular formula is C14H15NO. The summed E-state index contributed by atoms with van der Waals surface area (Å²) in [5.74, 6) is 0.846. The lowest BCUT2D eigenvalue weighted by Gasteiger charge is -2.25. The van der Waals surface area contributed by atoms with Gasteiger partial charge in [-0.25, -0.2) is 0 Å². The average molecular weight is 213 g/mol. The number of rotatable bonds is 1. The monoisotopic (exact) mass is 213 g/mol. The normalized spacial score (nSPS) is 24.2. The van der Waals surface area contributed by atoms with E-state index in [1.807, 2.05) is 6.08 Å². The van der Waals surface area contributed by atoms with Crippen LogP contribution in [0.3, 0.4) is 0 Å². The first-order valence-corrected chi connectivity index (χ1v) is 5.54. The lowest BCUT2D eigenvalue weighted by atomic mass is 9.95. The maximum Gasteiger partial charge on any atom is 0.193 e. The zero-order chi connectivity index (χ0) is 11.5. The molecular weight excluding hydrogens is 198 g/mol. The van der Waals surface area contributed by atoms with E-state index in [1.165, 1.54) is 5.56 Å². The molecule has 1 aromatic rings. The second-order valence-electron chi connectivity index (χ2n) is 4.37. The fourth-order valence-corrected chi connectivity index (χ4v) is 1.95. The molecule has 2 atom stereocenters. The number of hydrogen-bond acceptors (Lipinski definition) is 2. The molecule has 1 aliphatic rings. The van der Waals surface area contributed by atoms with Crippen LogP contribution >= 0.6 is 0 Å². The number of hydrogen-bond donors (Lipinski definition) is 0. The average Bonchev–Trinajstić information content (AvgIpc) is 2.29. The minimum Gasteiger partial charge on any atom is -0.476 e. The number of nitrogens with zero attached hydrogens (tertiary/aromatic N) is 1. The van der Waals surface area contributed by atoms with Crippen LogP contribution in [0.5, 0.6) is 0 Å². The van der Waals surface area contributed by atoms with E-state index in [9.17, 15) is 0 Å². The van der Waals surface area contributed by atoms with E-state index in [4.69, 9.17) is 10.00 Å². The van der Waals surface area contributed by atoms with Gasteiger partial charge in [0.1, 0.15) is 12.2 Å². The van der Waals surface area contributed by atoms with Gasteiger partial charge in [-0.1, -0.05) is 36.8 Å². The minimum atomic E-state index is 0.0234. The molecule has 0 unspecified atom stereocenters. The van der Waals surface area contributed by atoms with Gasteiger partial charge >= 0.3 is 0 Å². The molecule has 0 saturated carbocycles. The Hall–Kier alpha value is -1.75. The summed E-state index contributed by atoms with van der Waals surface area (Å²) >= 11 is 0. The van der Waals surface area contributed by atoms with Crippen LogP contribution in [0.4, 0.5) is 0 Å². The van der Waals surface area contributed by atoms with Gasteiger partial charge in [-0.05, 0) is 30.9 Å². The number of benzene rings is 1. The molecule has 2 rings (SSSR count). The zero-order valence-electron chi connectivity index (χ0n) is 9.60. The van der Waals surface area contributed by atoms with Crippen LogP contribution in [0, 0.1) is 24.2 Å². The highest BCUT2D eigenvalue weighted by Gasteiger charge is 2.22. The van der Waals surface area contributed by atoms with Crippen LogP contribution in [0.2, 0.25) is 0 Å². The van der Waals surface area contributed by atoms with Gasteiger partial charge in [0.25, 0.3) is 0 Å². The SMILES string of the molecule is Cc1ccc([C@@H]2C[C@H](C)C=C(C#N)O2)cc1. The maximum absolute atomic E-state index is 8.87. The molecule has 16 heavy (non-hydrogen) atoms. The number of ether oxygens (including phenoxy) is 1. The van der Waals surface area contributed by atoms with Crippen LogP contribution in [0.1, 0.15) is 30.6 Å². The first kappa shape index (κ1) is 10.8. The van der Waals surface area contributed by atoms with Gasteiger partial charge in [-0.2, -0.15) is 5.26 Å². The van der Waals surface area contributed by atoms with Crippen molar-refractivity contribution >= 4 is 0 Å². The summed E-state index contributed by atoms with van der Waals surface area (Å²) in [6.45, 7) is 4.18.